The monoisotopic (exact) mass is 207 g/mol. The van der Waals surface area contributed by atoms with E-state index in [2.05, 4.69) is 26.1 Å². The third-order valence-electron chi connectivity index (χ3n) is 2.36. The van der Waals surface area contributed by atoms with E-state index < -0.39 is 5.60 Å². The van der Waals surface area contributed by atoms with Crippen molar-refractivity contribution in [1.82, 2.24) is 5.32 Å². The van der Waals surface area contributed by atoms with Gasteiger partial charge >= 0.3 is 0 Å². The SMILES string of the molecule is CC(C)(C)NC[C@](C)(O)c1ccccc1. The van der Waals surface area contributed by atoms with E-state index in [1.54, 1.807) is 0 Å². The Balaban J connectivity index is 2.68. The molecule has 0 unspecified atom stereocenters. The summed E-state index contributed by atoms with van der Waals surface area (Å²) in [6.45, 7) is 8.66. The van der Waals surface area contributed by atoms with Gasteiger partial charge in [-0.3, -0.25) is 0 Å². The van der Waals surface area contributed by atoms with Gasteiger partial charge in [-0.25, -0.2) is 0 Å². The van der Waals surface area contributed by atoms with Gasteiger partial charge in [-0.1, -0.05) is 30.3 Å². The fourth-order valence-corrected chi connectivity index (χ4v) is 1.34. The first-order valence-corrected chi connectivity index (χ1v) is 5.34. The van der Waals surface area contributed by atoms with Crippen LogP contribution in [0.15, 0.2) is 30.3 Å². The molecule has 0 heterocycles. The minimum Gasteiger partial charge on any atom is -0.384 e. The summed E-state index contributed by atoms with van der Waals surface area (Å²) < 4.78 is 0. The maximum Gasteiger partial charge on any atom is 0.0992 e. The average molecular weight is 207 g/mol. The van der Waals surface area contributed by atoms with Crippen LogP contribution in [-0.2, 0) is 5.60 Å². The predicted octanol–water partition coefficient (Wildman–Crippen LogP) is 2.28. The molecule has 2 heteroatoms. The topological polar surface area (TPSA) is 32.3 Å². The zero-order chi connectivity index (χ0) is 11.5. The molecule has 0 aliphatic rings. The van der Waals surface area contributed by atoms with Crippen LogP contribution in [0.1, 0.15) is 33.3 Å². The highest BCUT2D eigenvalue weighted by Gasteiger charge is 2.24. The lowest BCUT2D eigenvalue weighted by molar-refractivity contribution is 0.0502. The summed E-state index contributed by atoms with van der Waals surface area (Å²) in [6.07, 6.45) is 0. The quantitative estimate of drug-likeness (QED) is 0.797. The van der Waals surface area contributed by atoms with Crippen molar-refractivity contribution < 1.29 is 5.11 Å². The van der Waals surface area contributed by atoms with E-state index in [9.17, 15) is 5.11 Å². The molecule has 0 radical (unpaired) electrons. The van der Waals surface area contributed by atoms with Crippen LogP contribution < -0.4 is 5.32 Å². The lowest BCUT2D eigenvalue weighted by atomic mass is 9.95. The summed E-state index contributed by atoms with van der Waals surface area (Å²) in [4.78, 5) is 0. The first-order valence-electron chi connectivity index (χ1n) is 5.34. The van der Waals surface area contributed by atoms with E-state index in [1.165, 1.54) is 0 Å². The Labute approximate surface area is 92.3 Å². The van der Waals surface area contributed by atoms with Gasteiger partial charge in [0.05, 0.1) is 5.60 Å². The van der Waals surface area contributed by atoms with Gasteiger partial charge in [0.25, 0.3) is 0 Å². The number of β-amino-alcohol motifs (C(OH)–C–C–N with tert-alkyl or cyclic N) is 1. The van der Waals surface area contributed by atoms with Gasteiger partial charge in [0, 0.05) is 12.1 Å². The molecule has 0 amide bonds. The molecule has 0 aliphatic heterocycles. The van der Waals surface area contributed by atoms with Gasteiger partial charge in [0.15, 0.2) is 0 Å². The van der Waals surface area contributed by atoms with Crippen molar-refractivity contribution in [3.63, 3.8) is 0 Å². The Morgan fingerprint density at radius 3 is 2.07 bits per heavy atom. The van der Waals surface area contributed by atoms with Gasteiger partial charge in [-0.05, 0) is 33.3 Å². The summed E-state index contributed by atoms with van der Waals surface area (Å²) in [5, 5.41) is 13.6. The lowest BCUT2D eigenvalue weighted by Crippen LogP contribution is -2.44. The van der Waals surface area contributed by atoms with Crippen molar-refractivity contribution in [2.75, 3.05) is 6.54 Å². The molecular formula is C13H21NO. The summed E-state index contributed by atoms with van der Waals surface area (Å²) in [5.74, 6) is 0. The summed E-state index contributed by atoms with van der Waals surface area (Å²) >= 11 is 0. The second kappa shape index (κ2) is 4.33. The number of benzene rings is 1. The van der Waals surface area contributed by atoms with E-state index in [4.69, 9.17) is 0 Å². The summed E-state index contributed by atoms with van der Waals surface area (Å²) in [6, 6.07) is 9.74. The molecule has 0 fully saturated rings. The Kier molecular flexibility index (Phi) is 3.53. The Hall–Kier alpha value is -0.860. The molecule has 0 spiro atoms. The molecule has 15 heavy (non-hydrogen) atoms. The molecule has 0 aromatic heterocycles. The third-order valence-corrected chi connectivity index (χ3v) is 2.36. The molecule has 1 rings (SSSR count). The molecule has 1 aromatic carbocycles. The number of rotatable bonds is 3. The van der Waals surface area contributed by atoms with Crippen molar-refractivity contribution in [2.45, 2.75) is 38.8 Å². The molecule has 1 aromatic rings. The highest BCUT2D eigenvalue weighted by Crippen LogP contribution is 2.19. The largest absolute Gasteiger partial charge is 0.384 e. The molecule has 2 nitrogen and oxygen atoms in total. The van der Waals surface area contributed by atoms with Crippen molar-refractivity contribution >= 4 is 0 Å². The van der Waals surface area contributed by atoms with Crippen LogP contribution in [0.25, 0.3) is 0 Å². The zero-order valence-electron chi connectivity index (χ0n) is 10.0. The zero-order valence-corrected chi connectivity index (χ0v) is 10.0. The van der Waals surface area contributed by atoms with Gasteiger partial charge in [0.1, 0.15) is 0 Å². The maximum absolute atomic E-state index is 10.3. The molecule has 0 bridgehead atoms. The average Bonchev–Trinajstić information content (AvgIpc) is 2.16. The standard InChI is InChI=1S/C13H21NO/c1-12(2,3)14-10-13(4,15)11-8-6-5-7-9-11/h5-9,14-15H,10H2,1-4H3/t13-/m0/s1. The maximum atomic E-state index is 10.3. The highest BCUT2D eigenvalue weighted by molar-refractivity contribution is 5.21. The lowest BCUT2D eigenvalue weighted by Gasteiger charge is -2.29. The minimum atomic E-state index is -0.811. The van der Waals surface area contributed by atoms with Crippen LogP contribution in [0, 0.1) is 0 Å². The minimum absolute atomic E-state index is 0.0266. The van der Waals surface area contributed by atoms with E-state index in [0.29, 0.717) is 6.54 Å². The fraction of sp³-hybridized carbons (Fsp3) is 0.538. The van der Waals surface area contributed by atoms with Crippen LogP contribution in [0.3, 0.4) is 0 Å². The van der Waals surface area contributed by atoms with E-state index >= 15 is 0 Å². The van der Waals surface area contributed by atoms with Crippen molar-refractivity contribution in [1.29, 1.82) is 0 Å². The first-order chi connectivity index (χ1) is 6.81. The van der Waals surface area contributed by atoms with Crippen LogP contribution in [0.5, 0.6) is 0 Å². The molecule has 0 aliphatic carbocycles. The third kappa shape index (κ3) is 4.02. The van der Waals surface area contributed by atoms with Crippen molar-refractivity contribution in [3.8, 4) is 0 Å². The Bertz CT molecular complexity index is 298. The summed E-state index contributed by atoms with van der Waals surface area (Å²) in [7, 11) is 0. The van der Waals surface area contributed by atoms with Crippen LogP contribution in [0.4, 0.5) is 0 Å². The second-order valence-electron chi connectivity index (χ2n) is 5.24. The van der Waals surface area contributed by atoms with E-state index in [0.717, 1.165) is 5.56 Å². The van der Waals surface area contributed by atoms with Crippen LogP contribution in [-0.4, -0.2) is 17.2 Å². The smallest absolute Gasteiger partial charge is 0.0992 e. The van der Waals surface area contributed by atoms with E-state index in [1.807, 2.05) is 37.3 Å². The summed E-state index contributed by atoms with van der Waals surface area (Å²) in [5.41, 5.74) is 0.162. The van der Waals surface area contributed by atoms with Gasteiger partial charge < -0.3 is 10.4 Å². The molecule has 2 N–H and O–H groups in total. The Morgan fingerprint density at radius 2 is 1.60 bits per heavy atom. The Morgan fingerprint density at radius 1 is 1.07 bits per heavy atom. The van der Waals surface area contributed by atoms with Crippen molar-refractivity contribution in [2.24, 2.45) is 0 Å². The first kappa shape index (κ1) is 12.2. The number of nitrogens with one attached hydrogen (secondary N) is 1. The van der Waals surface area contributed by atoms with E-state index in [-0.39, 0.29) is 5.54 Å². The molecule has 0 saturated carbocycles. The van der Waals surface area contributed by atoms with Crippen molar-refractivity contribution in [3.05, 3.63) is 35.9 Å². The molecule has 0 saturated heterocycles. The molecular weight excluding hydrogens is 186 g/mol. The van der Waals surface area contributed by atoms with Crippen LogP contribution in [0.2, 0.25) is 0 Å². The number of hydrogen-bond acceptors (Lipinski definition) is 2. The molecule has 84 valence electrons. The highest BCUT2D eigenvalue weighted by atomic mass is 16.3. The van der Waals surface area contributed by atoms with Gasteiger partial charge in [-0.15, -0.1) is 0 Å². The number of aliphatic hydroxyl groups is 1. The second-order valence-corrected chi connectivity index (χ2v) is 5.24. The fourth-order valence-electron chi connectivity index (χ4n) is 1.34. The molecule has 1 atom stereocenters. The number of hydrogen-bond donors (Lipinski definition) is 2. The van der Waals surface area contributed by atoms with Gasteiger partial charge in [-0.2, -0.15) is 0 Å². The predicted molar refractivity (Wildman–Crippen MR) is 63.8 cm³/mol. The van der Waals surface area contributed by atoms with Gasteiger partial charge in [0.2, 0.25) is 0 Å². The van der Waals surface area contributed by atoms with Crippen LogP contribution >= 0.6 is 0 Å². The normalized spacial score (nSPS) is 16.1.